The molecule has 1 aliphatic carbocycles. The summed E-state index contributed by atoms with van der Waals surface area (Å²) in [5.74, 6) is 0.354. The summed E-state index contributed by atoms with van der Waals surface area (Å²) in [6.45, 7) is 0. The van der Waals surface area contributed by atoms with Gasteiger partial charge in [-0.3, -0.25) is 0 Å². The lowest BCUT2D eigenvalue weighted by Crippen LogP contribution is -2.15. The molecule has 0 N–H and O–H groups in total. The maximum absolute atomic E-state index is 2.43. The largest absolute Gasteiger partial charge is 0.347 e. The van der Waals surface area contributed by atoms with E-state index in [1.807, 2.05) is 0 Å². The van der Waals surface area contributed by atoms with E-state index in [1.54, 1.807) is 0 Å². The Morgan fingerprint density at radius 3 is 1.38 bits per heavy atom. The molecule has 302 valence electrons. The van der Waals surface area contributed by atoms with Gasteiger partial charge in [-0.1, -0.05) is 164 Å². The van der Waals surface area contributed by atoms with Gasteiger partial charge in [-0.2, -0.15) is 0 Å². The highest BCUT2D eigenvalue weighted by Gasteiger charge is 2.33. The summed E-state index contributed by atoms with van der Waals surface area (Å²) in [4.78, 5) is 2.42. The van der Waals surface area contributed by atoms with Crippen LogP contribution in [0.25, 0.3) is 93.9 Å². The van der Waals surface area contributed by atoms with E-state index < -0.39 is 0 Å². The van der Waals surface area contributed by atoms with Gasteiger partial charge in [0.15, 0.2) is 0 Å². The number of rotatable bonds is 6. The molecule has 1 atom stereocenters. The minimum Gasteiger partial charge on any atom is -0.347 e. The Bertz CT molecular complexity index is 3680. The Morgan fingerprint density at radius 2 is 0.812 bits per heavy atom. The van der Waals surface area contributed by atoms with Crippen LogP contribution in [0.2, 0.25) is 0 Å². The predicted molar refractivity (Wildman–Crippen MR) is 270 cm³/mol. The molecule has 0 spiro atoms. The number of benzene rings is 9. The lowest BCUT2D eigenvalue weighted by Gasteiger charge is -2.22. The first-order valence-corrected chi connectivity index (χ1v) is 22.3. The molecule has 0 radical (unpaired) electrons. The van der Waals surface area contributed by atoms with Crippen LogP contribution in [0, 0.1) is 0 Å². The molecule has 1 aliphatic heterocycles. The molecular formula is C61H43N3. The maximum atomic E-state index is 2.43. The molecule has 2 aliphatic rings. The Hall–Kier alpha value is -8.14. The monoisotopic (exact) mass is 817 g/mol. The van der Waals surface area contributed by atoms with Crippen LogP contribution in [0.3, 0.4) is 0 Å². The fourth-order valence-electron chi connectivity index (χ4n) is 10.7. The van der Waals surface area contributed by atoms with E-state index in [-0.39, 0.29) is 0 Å². The number of allylic oxidation sites excluding steroid dienone is 4. The van der Waals surface area contributed by atoms with Crippen LogP contribution in [0.1, 0.15) is 23.5 Å². The van der Waals surface area contributed by atoms with E-state index in [2.05, 4.69) is 246 Å². The molecule has 0 saturated carbocycles. The van der Waals surface area contributed by atoms with Gasteiger partial charge in [0, 0.05) is 57.3 Å². The zero-order chi connectivity index (χ0) is 42.3. The van der Waals surface area contributed by atoms with Gasteiger partial charge in [-0.15, -0.1) is 0 Å². The van der Waals surface area contributed by atoms with Crippen molar-refractivity contribution < 1.29 is 0 Å². The van der Waals surface area contributed by atoms with Crippen LogP contribution in [0.15, 0.2) is 230 Å². The Morgan fingerprint density at radius 1 is 0.375 bits per heavy atom. The SMILES string of the molecule is CN1C2=CC(c3ccc(-n4c5ccccc5c5ccc(-c6ccccc6)cc54)cc3)=CCC2c2ccc(-c3ccc(-n4c5ccccc5c5ccc(-c6ccccc6)cc54)cc3)cc21. The van der Waals surface area contributed by atoms with E-state index in [9.17, 15) is 0 Å². The number of para-hydroxylation sites is 2. The molecule has 64 heavy (non-hydrogen) atoms. The minimum absolute atomic E-state index is 0.354. The highest BCUT2D eigenvalue weighted by atomic mass is 15.1. The summed E-state index contributed by atoms with van der Waals surface area (Å²) in [5.41, 5.74) is 21.1. The number of nitrogens with zero attached hydrogens (tertiary/aromatic N) is 3. The zero-order valence-corrected chi connectivity index (χ0v) is 35.5. The van der Waals surface area contributed by atoms with Gasteiger partial charge in [0.05, 0.1) is 22.1 Å². The Balaban J connectivity index is 0.794. The van der Waals surface area contributed by atoms with Crippen molar-refractivity contribution >= 4 is 54.9 Å². The minimum atomic E-state index is 0.354. The molecule has 0 saturated heterocycles. The van der Waals surface area contributed by atoms with Crippen molar-refractivity contribution in [3.8, 4) is 44.8 Å². The van der Waals surface area contributed by atoms with Gasteiger partial charge >= 0.3 is 0 Å². The number of fused-ring (bicyclic) bond motifs is 9. The summed E-state index contributed by atoms with van der Waals surface area (Å²) in [6, 6.07) is 77.9. The quantitative estimate of drug-likeness (QED) is 0.163. The summed E-state index contributed by atoms with van der Waals surface area (Å²) in [5, 5.41) is 5.08. The second kappa shape index (κ2) is 14.5. The number of hydrogen-bond donors (Lipinski definition) is 0. The van der Waals surface area contributed by atoms with Crippen LogP contribution < -0.4 is 4.90 Å². The lowest BCUT2D eigenvalue weighted by atomic mass is 9.87. The average Bonchev–Trinajstić information content (AvgIpc) is 3.98. The van der Waals surface area contributed by atoms with Crippen molar-refractivity contribution in [1.82, 2.24) is 9.13 Å². The highest BCUT2D eigenvalue weighted by Crippen LogP contribution is 2.49. The molecule has 3 heteroatoms. The molecule has 2 aromatic heterocycles. The fourth-order valence-corrected chi connectivity index (χ4v) is 10.7. The Kier molecular flexibility index (Phi) is 8.26. The van der Waals surface area contributed by atoms with Crippen molar-refractivity contribution in [2.24, 2.45) is 0 Å². The molecule has 0 bridgehead atoms. The molecule has 9 aromatic carbocycles. The molecule has 1 unspecified atom stereocenters. The second-order valence-corrected chi connectivity index (χ2v) is 17.3. The smallest absolute Gasteiger partial charge is 0.0547 e. The maximum Gasteiger partial charge on any atom is 0.0547 e. The lowest BCUT2D eigenvalue weighted by molar-refractivity contribution is 0.815. The van der Waals surface area contributed by atoms with Crippen LogP contribution in [0.4, 0.5) is 5.69 Å². The Labute approximate surface area is 372 Å². The molecule has 3 heterocycles. The fraction of sp³-hybridized carbons (Fsp3) is 0.0492. The van der Waals surface area contributed by atoms with Crippen molar-refractivity contribution in [2.75, 3.05) is 11.9 Å². The molecule has 13 rings (SSSR count). The first-order chi connectivity index (χ1) is 31.6. The average molecular weight is 818 g/mol. The van der Waals surface area contributed by atoms with Gasteiger partial charge in [0.25, 0.3) is 0 Å². The van der Waals surface area contributed by atoms with E-state index in [4.69, 9.17) is 0 Å². The van der Waals surface area contributed by atoms with Crippen molar-refractivity contribution in [3.63, 3.8) is 0 Å². The summed E-state index contributed by atoms with van der Waals surface area (Å²) < 4.78 is 4.84. The van der Waals surface area contributed by atoms with Gasteiger partial charge in [-0.05, 0) is 117 Å². The molecule has 11 aromatic rings. The van der Waals surface area contributed by atoms with Crippen LogP contribution >= 0.6 is 0 Å². The first kappa shape index (κ1) is 36.5. The molecule has 3 nitrogen and oxygen atoms in total. The topological polar surface area (TPSA) is 13.1 Å². The van der Waals surface area contributed by atoms with Gasteiger partial charge < -0.3 is 14.0 Å². The molecule has 0 fully saturated rings. The zero-order valence-electron chi connectivity index (χ0n) is 35.5. The normalized spacial score (nSPS) is 14.6. The third-order valence-electron chi connectivity index (χ3n) is 13.9. The number of hydrogen-bond acceptors (Lipinski definition) is 1. The predicted octanol–water partition coefficient (Wildman–Crippen LogP) is 15.8. The second-order valence-electron chi connectivity index (χ2n) is 17.3. The summed E-state index contributed by atoms with van der Waals surface area (Å²) in [7, 11) is 2.24. The van der Waals surface area contributed by atoms with Crippen LogP contribution in [-0.2, 0) is 0 Å². The van der Waals surface area contributed by atoms with E-state index >= 15 is 0 Å². The van der Waals surface area contributed by atoms with Crippen LogP contribution in [0.5, 0.6) is 0 Å². The number of anilines is 1. The van der Waals surface area contributed by atoms with Crippen molar-refractivity contribution in [3.05, 3.63) is 241 Å². The number of likely N-dealkylation sites (N-methyl/N-ethyl adjacent to an activating group) is 1. The van der Waals surface area contributed by atoms with Gasteiger partial charge in [0.1, 0.15) is 0 Å². The third-order valence-corrected chi connectivity index (χ3v) is 13.9. The molecular weight excluding hydrogens is 775 g/mol. The third kappa shape index (κ3) is 5.74. The summed E-state index contributed by atoms with van der Waals surface area (Å²) >= 11 is 0. The summed E-state index contributed by atoms with van der Waals surface area (Å²) in [6.07, 6.45) is 5.83. The van der Waals surface area contributed by atoms with Gasteiger partial charge in [-0.25, -0.2) is 0 Å². The van der Waals surface area contributed by atoms with Crippen LogP contribution in [-0.4, -0.2) is 16.2 Å². The van der Waals surface area contributed by atoms with Crippen molar-refractivity contribution in [2.45, 2.75) is 12.3 Å². The van der Waals surface area contributed by atoms with E-state index in [0.29, 0.717) is 5.92 Å². The van der Waals surface area contributed by atoms with Crippen molar-refractivity contribution in [1.29, 1.82) is 0 Å². The number of aromatic nitrogens is 2. The molecule has 0 amide bonds. The highest BCUT2D eigenvalue weighted by molar-refractivity contribution is 6.11. The van der Waals surface area contributed by atoms with E-state index in [1.165, 1.54) is 111 Å². The standard InChI is InChI=1S/C61H43N3/c1-62-58-36-44(42-20-28-48(29-21-42)63-56-18-10-8-16-50(56)54-34-26-46(38-60(54)63)40-12-4-2-5-13-40)24-32-52(58)53-33-25-45(37-59(53)62)43-22-30-49(31-23-43)64-57-19-11-9-17-51(57)55-35-27-47(39-61(55)64)41-14-6-3-7-15-41/h2-32,34-39,53H,33H2,1H3. The van der Waals surface area contributed by atoms with Gasteiger partial charge in [0.2, 0.25) is 0 Å². The first-order valence-electron chi connectivity index (χ1n) is 22.3. The van der Waals surface area contributed by atoms with E-state index in [0.717, 1.165) is 12.1 Å².